The summed E-state index contributed by atoms with van der Waals surface area (Å²) in [5.41, 5.74) is 0. The van der Waals surface area contributed by atoms with Gasteiger partial charge >= 0.3 is 59.7 Å². The topological polar surface area (TPSA) is 550 Å². The average Bonchev–Trinajstić information content (AvgIpc) is 0.792. The van der Waals surface area contributed by atoms with E-state index in [1.54, 1.807) is 0 Å². The molecule has 3 saturated heterocycles. The Balaban J connectivity index is 1.25. The van der Waals surface area contributed by atoms with Crippen LogP contribution in [0.5, 0.6) is 5.75 Å². The highest BCUT2D eigenvalue weighted by Crippen LogP contribution is 2.36. The number of hydrogen-bond donors (Lipinski definition) is 7. The van der Waals surface area contributed by atoms with Gasteiger partial charge in [-0.3, -0.25) is 81.5 Å². The molecule has 141 heavy (non-hydrogen) atoms. The fourth-order valence-electron chi connectivity index (χ4n) is 16.1. The van der Waals surface area contributed by atoms with E-state index in [1.807, 2.05) is 0 Å². The molecule has 1 saturated carbocycles. The number of halogens is 5. The molecule has 1 aliphatic carbocycles. The third-order valence-corrected chi connectivity index (χ3v) is 22.3. The van der Waals surface area contributed by atoms with Crippen LogP contribution in [0.1, 0.15) is 250 Å². The van der Waals surface area contributed by atoms with Gasteiger partial charge in [0.1, 0.15) is 62.4 Å². The summed E-state index contributed by atoms with van der Waals surface area (Å²) in [7, 11) is 0. The first kappa shape index (κ1) is 121. The molecule has 7 amide bonds. The van der Waals surface area contributed by atoms with Gasteiger partial charge in [-0.15, -0.1) is 0 Å². The number of rotatable bonds is 64. The summed E-state index contributed by atoms with van der Waals surface area (Å²) < 4.78 is 178. The minimum atomic E-state index is -2.39. The lowest BCUT2D eigenvalue weighted by Crippen LogP contribution is -2.66. The Labute approximate surface area is 815 Å². The van der Waals surface area contributed by atoms with Crippen LogP contribution < -0.4 is 42.0 Å². The van der Waals surface area contributed by atoms with Crippen LogP contribution in [0, 0.1) is 35.0 Å². The lowest BCUT2D eigenvalue weighted by atomic mass is 9.82. The number of unbranched alkanes of at least 4 members (excludes halogenated alkanes) is 16. The van der Waals surface area contributed by atoms with Gasteiger partial charge in [-0.2, -0.15) is 8.78 Å². The maximum Gasteiger partial charge on any atom is 0.311 e. The summed E-state index contributed by atoms with van der Waals surface area (Å²) in [6.45, 7) is 13.2. The van der Waals surface area contributed by atoms with Crippen molar-refractivity contribution in [3.8, 4) is 5.75 Å². The lowest BCUT2D eigenvalue weighted by molar-refractivity contribution is -0.277. The van der Waals surface area contributed by atoms with Gasteiger partial charge in [0, 0.05) is 161 Å². The smallest absolute Gasteiger partial charge is 0.311 e. The molecule has 3 aliphatic heterocycles. The Morgan fingerprint density at radius 3 is 0.851 bits per heavy atom. The van der Waals surface area contributed by atoms with E-state index in [0.717, 1.165) is 81.6 Å². The first-order valence-electron chi connectivity index (χ1n) is 47.8. The van der Waals surface area contributed by atoms with Crippen molar-refractivity contribution in [3.63, 3.8) is 0 Å². The van der Waals surface area contributed by atoms with Gasteiger partial charge in [-0.1, -0.05) is 77.0 Å². The van der Waals surface area contributed by atoms with Crippen LogP contribution in [0.4, 0.5) is 22.0 Å². The number of amides is 7. The Kier molecular flexibility index (Phi) is 56.3. The molecule has 7 N–H and O–H groups in total. The standard InChI is InChI=1S/C93H140F5N7O36/c1-52(106)103-79-87(135-61(10)115)83(132-58(7)112)67(49-129-55(4)109)138-91(79)126-41-30-22-19-26-37-99-70(118)34-44-123-65-47-64(90(122)102-40-29-18-16-14-13-15-17-25-33-73(121)141-86-77(97)75(95)74(94)76(96)78(86)98)48-66(124-45-35-71(119)100-38-27-20-23-31-42-127-92-80(104-53(2)107)88(136-62(11)116)84(133-59(8)113)68(139-92)50-130-56(5)110)82(65)125-46-36-72(120)101-39-28-21-24-32-43-128-93-81(105-54(3)108)89(137-63(12)117)85(134-60(9)114)69(140-93)51-131-57(6)111/h64-69,79-85,87-89,91-93H,13-51H2,1-12H3,(H,99,118)(H,100,119)(H,101,120)(H,102,122)(H,103,106)(H,104,107)(H,105,108)/t64?,65-,66-,67-,68-,69-,79-,80-,81-,82?,83+,84+,85+,87-,88-,89-,91-,92-,93-/m1/s1. The summed E-state index contributed by atoms with van der Waals surface area (Å²) in [5.74, 6) is -24.9. The normalized spacial score (nSPS) is 23.6. The summed E-state index contributed by atoms with van der Waals surface area (Å²) in [4.78, 5) is 214. The van der Waals surface area contributed by atoms with Gasteiger partial charge < -0.3 is 127 Å². The number of esters is 10. The van der Waals surface area contributed by atoms with E-state index in [0.29, 0.717) is 103 Å². The first-order chi connectivity index (χ1) is 67.0. The summed E-state index contributed by atoms with van der Waals surface area (Å²) in [5, 5.41) is 19.6. The zero-order valence-corrected chi connectivity index (χ0v) is 82.1. The third kappa shape index (κ3) is 46.2. The van der Waals surface area contributed by atoms with E-state index in [1.165, 1.54) is 20.8 Å². The maximum absolute atomic E-state index is 14.4. The molecule has 0 radical (unpaired) electrons. The van der Waals surface area contributed by atoms with Gasteiger partial charge in [0.15, 0.2) is 55.5 Å². The highest BCUT2D eigenvalue weighted by molar-refractivity contribution is 5.80. The summed E-state index contributed by atoms with van der Waals surface area (Å²) >= 11 is 0. The molecular formula is C93H140F5N7O36. The number of nitrogens with one attached hydrogen (secondary N) is 7. The monoisotopic (exact) mass is 2030 g/mol. The van der Waals surface area contributed by atoms with Gasteiger partial charge in [0.05, 0.1) is 32.0 Å². The minimum Gasteiger partial charge on any atom is -0.463 e. The number of benzene rings is 1. The van der Waals surface area contributed by atoms with Crippen molar-refractivity contribution in [1.29, 1.82) is 0 Å². The number of hydrogen-bond acceptors (Lipinski definition) is 36. The van der Waals surface area contributed by atoms with Crippen molar-refractivity contribution < 1.29 is 193 Å². The van der Waals surface area contributed by atoms with Gasteiger partial charge in [-0.05, 0) is 64.2 Å². The number of ether oxygens (including phenoxy) is 19. The van der Waals surface area contributed by atoms with Crippen LogP contribution in [0.15, 0.2) is 0 Å². The predicted octanol–water partition coefficient (Wildman–Crippen LogP) is 5.70. The van der Waals surface area contributed by atoms with Crippen molar-refractivity contribution >= 4 is 101 Å². The van der Waals surface area contributed by atoms with Crippen molar-refractivity contribution in [2.75, 3.05) is 85.6 Å². The highest BCUT2D eigenvalue weighted by atomic mass is 19.2. The first-order valence-corrected chi connectivity index (χ1v) is 47.8. The van der Waals surface area contributed by atoms with Crippen molar-refractivity contribution in [2.45, 2.75) is 360 Å². The molecule has 798 valence electrons. The molecule has 0 unspecified atom stereocenters. The maximum atomic E-state index is 14.4. The fraction of sp³-hybridized carbons (Fsp3) is 0.753. The predicted molar refractivity (Wildman–Crippen MR) is 477 cm³/mol. The molecule has 0 bridgehead atoms. The zero-order valence-electron chi connectivity index (χ0n) is 82.1. The quantitative estimate of drug-likeness (QED) is 0.00782. The molecule has 5 rings (SSSR count). The third-order valence-electron chi connectivity index (χ3n) is 22.3. The van der Waals surface area contributed by atoms with Crippen LogP contribution in [0.2, 0.25) is 0 Å². The molecular weight excluding hydrogens is 1890 g/mol. The molecule has 43 nitrogen and oxygen atoms in total. The molecule has 1 aromatic carbocycles. The Hall–Kier alpha value is -10.5. The largest absolute Gasteiger partial charge is 0.463 e. The number of carbonyl (C=O) groups excluding carboxylic acids is 17. The van der Waals surface area contributed by atoms with E-state index in [-0.39, 0.29) is 134 Å². The Morgan fingerprint density at radius 1 is 0.284 bits per heavy atom. The zero-order chi connectivity index (χ0) is 104. The molecule has 1 aromatic rings. The minimum absolute atomic E-state index is 0.0573. The second-order valence-electron chi connectivity index (χ2n) is 34.4. The number of carbonyl (C=O) groups is 17. The van der Waals surface area contributed by atoms with Crippen molar-refractivity contribution in [3.05, 3.63) is 29.1 Å². The van der Waals surface area contributed by atoms with Crippen LogP contribution in [-0.4, -0.2) is 297 Å². The summed E-state index contributed by atoms with van der Waals surface area (Å²) in [6.07, 6.45) is -7.53. The Bertz CT molecular complexity index is 4050. The SMILES string of the molecule is CC(=O)N[C@H]1[C@H](OCCCCCCNC(=O)CCOC2[C@H](OCCC(=O)NCCCCCCO[C@@H]3O[C@H](COC(C)=O)[C@H](OC(C)=O)[C@H](OC(C)=O)[C@H]3NC(C)=O)CC(C(=O)NCCCCCCCCCCC(=O)Oc3c(F)c(F)c(F)c(F)c3F)C[C@H]2OCCC(=O)NCCCCCCO[C@@H]2O[C@H](COC(C)=O)[C@H](OC(C)=O)[C@H](OC(C)=O)[C@H]2NC(C)=O)O[C@H](COC(C)=O)[C@H](OC(C)=O)[C@@H]1OC(C)=O. The molecule has 0 spiro atoms. The molecule has 4 fully saturated rings. The molecule has 0 aromatic heterocycles. The van der Waals surface area contributed by atoms with Crippen LogP contribution in [0.25, 0.3) is 0 Å². The van der Waals surface area contributed by atoms with E-state index in [2.05, 4.69) is 42.0 Å². The van der Waals surface area contributed by atoms with E-state index in [4.69, 9.17) is 85.3 Å². The Morgan fingerprint density at radius 2 is 0.553 bits per heavy atom. The molecule has 17 atom stereocenters. The fourth-order valence-corrected chi connectivity index (χ4v) is 16.1. The average molecular weight is 2030 g/mol. The van der Waals surface area contributed by atoms with E-state index < -0.39 is 248 Å². The lowest BCUT2D eigenvalue weighted by Gasteiger charge is -2.44. The van der Waals surface area contributed by atoms with Crippen LogP contribution >= 0.6 is 0 Å². The van der Waals surface area contributed by atoms with E-state index in [9.17, 15) is 103 Å². The second-order valence-corrected chi connectivity index (χ2v) is 34.4. The van der Waals surface area contributed by atoms with Crippen LogP contribution in [-0.2, 0) is 167 Å². The molecule has 4 aliphatic rings. The van der Waals surface area contributed by atoms with Crippen LogP contribution in [0.3, 0.4) is 0 Å². The molecule has 3 heterocycles. The highest BCUT2D eigenvalue weighted by Gasteiger charge is 2.55. The summed E-state index contributed by atoms with van der Waals surface area (Å²) in [6, 6.07) is -3.49. The van der Waals surface area contributed by atoms with Crippen molar-refractivity contribution in [2.24, 2.45) is 5.92 Å². The van der Waals surface area contributed by atoms with E-state index >= 15 is 0 Å². The van der Waals surface area contributed by atoms with Gasteiger partial charge in [0.2, 0.25) is 76.2 Å². The van der Waals surface area contributed by atoms with Gasteiger partial charge in [0.25, 0.3) is 0 Å². The van der Waals surface area contributed by atoms with Crippen molar-refractivity contribution in [1.82, 2.24) is 37.2 Å². The van der Waals surface area contributed by atoms with Gasteiger partial charge in [-0.25, -0.2) is 13.2 Å². The molecule has 48 heteroatoms. The second kappa shape index (κ2) is 65.6.